The van der Waals surface area contributed by atoms with E-state index in [2.05, 4.69) is 24.9 Å². The molecule has 92 valence electrons. The zero-order valence-electron chi connectivity index (χ0n) is 10.1. The van der Waals surface area contributed by atoms with Gasteiger partial charge in [-0.05, 0) is 44.5 Å². The van der Waals surface area contributed by atoms with Crippen LogP contribution >= 0.6 is 22.9 Å². The first kappa shape index (κ1) is 14.0. The van der Waals surface area contributed by atoms with Gasteiger partial charge in [0.25, 0.3) is 0 Å². The lowest BCUT2D eigenvalue weighted by atomic mass is 10.1. The minimum Gasteiger partial charge on any atom is -0.330 e. The summed E-state index contributed by atoms with van der Waals surface area (Å²) in [5, 5.41) is 0. The van der Waals surface area contributed by atoms with Crippen LogP contribution in [0.15, 0.2) is 12.1 Å². The van der Waals surface area contributed by atoms with E-state index in [1.807, 2.05) is 6.07 Å². The lowest BCUT2D eigenvalue weighted by Crippen LogP contribution is -2.24. The van der Waals surface area contributed by atoms with Gasteiger partial charge in [0.05, 0.1) is 4.34 Å². The second-order valence-electron chi connectivity index (χ2n) is 4.44. The van der Waals surface area contributed by atoms with Gasteiger partial charge >= 0.3 is 0 Å². The van der Waals surface area contributed by atoms with E-state index in [1.165, 1.54) is 11.3 Å². The van der Waals surface area contributed by atoms with Crippen molar-refractivity contribution < 1.29 is 0 Å². The maximum atomic E-state index is 5.90. The van der Waals surface area contributed by atoms with E-state index in [0.29, 0.717) is 5.92 Å². The number of halogens is 1. The Morgan fingerprint density at radius 3 is 2.81 bits per heavy atom. The van der Waals surface area contributed by atoms with Crippen LogP contribution in [0.5, 0.6) is 0 Å². The highest BCUT2D eigenvalue weighted by molar-refractivity contribution is 7.16. The van der Waals surface area contributed by atoms with Gasteiger partial charge in [0, 0.05) is 18.0 Å². The van der Waals surface area contributed by atoms with Crippen LogP contribution in [0.4, 0.5) is 0 Å². The van der Waals surface area contributed by atoms with E-state index in [4.69, 9.17) is 17.3 Å². The summed E-state index contributed by atoms with van der Waals surface area (Å²) in [6, 6.07) is 4.07. The Balaban J connectivity index is 2.27. The zero-order chi connectivity index (χ0) is 12.0. The first-order valence-electron chi connectivity index (χ1n) is 5.74. The molecule has 1 aromatic rings. The van der Waals surface area contributed by atoms with Crippen molar-refractivity contribution in [2.24, 2.45) is 11.7 Å². The lowest BCUT2D eigenvalue weighted by molar-refractivity contribution is 0.271. The van der Waals surface area contributed by atoms with Gasteiger partial charge < -0.3 is 10.6 Å². The van der Waals surface area contributed by atoms with Crippen LogP contribution in [0.1, 0.15) is 24.6 Å². The van der Waals surface area contributed by atoms with Crippen molar-refractivity contribution in [2.75, 3.05) is 20.1 Å². The molecule has 0 aliphatic heterocycles. The van der Waals surface area contributed by atoms with Gasteiger partial charge in [-0.2, -0.15) is 0 Å². The monoisotopic (exact) mass is 260 g/mol. The number of hydrogen-bond acceptors (Lipinski definition) is 3. The fourth-order valence-corrected chi connectivity index (χ4v) is 3.02. The topological polar surface area (TPSA) is 29.3 Å². The van der Waals surface area contributed by atoms with Crippen LogP contribution in [-0.4, -0.2) is 25.0 Å². The highest BCUT2D eigenvalue weighted by atomic mass is 35.5. The summed E-state index contributed by atoms with van der Waals surface area (Å²) in [5.74, 6) is 0.712. The number of thiophene rings is 1. The lowest BCUT2D eigenvalue weighted by Gasteiger charge is -2.20. The maximum absolute atomic E-state index is 5.90. The van der Waals surface area contributed by atoms with Crippen LogP contribution in [0.2, 0.25) is 4.34 Å². The SMILES string of the molecule is CC(CCCN)CN(C)Cc1ccc(Cl)s1. The molecule has 0 saturated heterocycles. The van der Waals surface area contributed by atoms with E-state index in [1.54, 1.807) is 11.3 Å². The number of nitrogens with two attached hydrogens (primary N) is 1. The molecule has 0 saturated carbocycles. The first-order valence-corrected chi connectivity index (χ1v) is 6.94. The molecule has 1 aromatic heterocycles. The van der Waals surface area contributed by atoms with Crippen LogP contribution in [0, 0.1) is 5.92 Å². The summed E-state index contributed by atoms with van der Waals surface area (Å²) in [6.45, 7) is 5.20. The van der Waals surface area contributed by atoms with Crippen molar-refractivity contribution in [3.63, 3.8) is 0 Å². The van der Waals surface area contributed by atoms with Crippen molar-refractivity contribution >= 4 is 22.9 Å². The van der Waals surface area contributed by atoms with Crippen molar-refractivity contribution in [3.8, 4) is 0 Å². The molecular formula is C12H21ClN2S. The molecule has 1 rings (SSSR count). The molecule has 0 aliphatic carbocycles. The van der Waals surface area contributed by atoms with Crippen LogP contribution in [-0.2, 0) is 6.54 Å². The molecule has 0 aliphatic rings. The molecule has 1 unspecified atom stereocenters. The van der Waals surface area contributed by atoms with Crippen molar-refractivity contribution in [1.82, 2.24) is 4.90 Å². The Labute approximate surface area is 107 Å². The standard InChI is InChI=1S/C12H21ClN2S/c1-10(4-3-7-14)8-15(2)9-11-5-6-12(13)16-11/h5-6,10H,3-4,7-9,14H2,1-2H3. The van der Waals surface area contributed by atoms with E-state index >= 15 is 0 Å². The minimum atomic E-state index is 0.712. The fraction of sp³-hybridized carbons (Fsp3) is 0.667. The predicted octanol–water partition coefficient (Wildman–Crippen LogP) is 3.21. The van der Waals surface area contributed by atoms with Crippen LogP contribution in [0.25, 0.3) is 0 Å². The van der Waals surface area contributed by atoms with Crippen LogP contribution in [0.3, 0.4) is 0 Å². The van der Waals surface area contributed by atoms with E-state index in [-0.39, 0.29) is 0 Å². The van der Waals surface area contributed by atoms with Gasteiger partial charge in [-0.1, -0.05) is 18.5 Å². The van der Waals surface area contributed by atoms with Gasteiger partial charge in [-0.3, -0.25) is 0 Å². The summed E-state index contributed by atoms with van der Waals surface area (Å²) < 4.78 is 0.875. The Bertz CT molecular complexity index is 301. The Morgan fingerprint density at radius 2 is 2.25 bits per heavy atom. The van der Waals surface area contributed by atoms with E-state index in [0.717, 1.165) is 30.4 Å². The summed E-state index contributed by atoms with van der Waals surface area (Å²) in [6.07, 6.45) is 2.34. The van der Waals surface area contributed by atoms with Gasteiger partial charge in [0.15, 0.2) is 0 Å². The fourth-order valence-electron chi connectivity index (χ4n) is 1.86. The summed E-state index contributed by atoms with van der Waals surface area (Å²) in [7, 11) is 2.16. The molecule has 4 heteroatoms. The third kappa shape index (κ3) is 5.30. The number of hydrogen-bond donors (Lipinski definition) is 1. The molecule has 16 heavy (non-hydrogen) atoms. The predicted molar refractivity (Wildman–Crippen MR) is 73.1 cm³/mol. The largest absolute Gasteiger partial charge is 0.330 e. The smallest absolute Gasteiger partial charge is 0.0931 e. The molecule has 2 N–H and O–H groups in total. The summed E-state index contributed by atoms with van der Waals surface area (Å²) in [5.41, 5.74) is 5.51. The highest BCUT2D eigenvalue weighted by Crippen LogP contribution is 2.22. The third-order valence-electron chi connectivity index (χ3n) is 2.58. The van der Waals surface area contributed by atoms with E-state index < -0.39 is 0 Å². The van der Waals surface area contributed by atoms with Gasteiger partial charge in [-0.25, -0.2) is 0 Å². The highest BCUT2D eigenvalue weighted by Gasteiger charge is 2.07. The van der Waals surface area contributed by atoms with Crippen molar-refractivity contribution in [3.05, 3.63) is 21.3 Å². The molecule has 0 fully saturated rings. The average Bonchev–Trinajstić information content (AvgIpc) is 2.60. The van der Waals surface area contributed by atoms with E-state index in [9.17, 15) is 0 Å². The van der Waals surface area contributed by atoms with Crippen LogP contribution < -0.4 is 5.73 Å². The van der Waals surface area contributed by atoms with Crippen molar-refractivity contribution in [2.45, 2.75) is 26.3 Å². The molecule has 1 atom stereocenters. The second kappa shape index (κ2) is 7.28. The Morgan fingerprint density at radius 1 is 1.50 bits per heavy atom. The zero-order valence-corrected chi connectivity index (χ0v) is 11.7. The normalized spacial score (nSPS) is 13.3. The van der Waals surface area contributed by atoms with Crippen molar-refractivity contribution in [1.29, 1.82) is 0 Å². The van der Waals surface area contributed by atoms with Gasteiger partial charge in [0.1, 0.15) is 0 Å². The molecule has 2 nitrogen and oxygen atoms in total. The summed E-state index contributed by atoms with van der Waals surface area (Å²) >= 11 is 7.57. The second-order valence-corrected chi connectivity index (χ2v) is 6.24. The average molecular weight is 261 g/mol. The molecule has 0 spiro atoms. The van der Waals surface area contributed by atoms with Gasteiger partial charge in [-0.15, -0.1) is 11.3 Å². The molecular weight excluding hydrogens is 240 g/mol. The molecule has 0 amide bonds. The Kier molecular flexibility index (Phi) is 6.36. The quantitative estimate of drug-likeness (QED) is 0.816. The Hall–Kier alpha value is -0.0900. The molecule has 0 radical (unpaired) electrons. The summed E-state index contributed by atoms with van der Waals surface area (Å²) in [4.78, 5) is 3.68. The molecule has 0 aromatic carbocycles. The first-order chi connectivity index (χ1) is 7.61. The maximum Gasteiger partial charge on any atom is 0.0931 e. The van der Waals surface area contributed by atoms with Gasteiger partial charge in [0.2, 0.25) is 0 Å². The molecule has 0 bridgehead atoms. The number of rotatable bonds is 7. The number of nitrogens with zero attached hydrogens (tertiary/aromatic N) is 1. The minimum absolute atomic E-state index is 0.712. The molecule has 1 heterocycles. The third-order valence-corrected chi connectivity index (χ3v) is 3.79.